The molecule has 2 aliphatic rings. The highest BCUT2D eigenvalue weighted by Gasteiger charge is 2.31. The van der Waals surface area contributed by atoms with E-state index in [4.69, 9.17) is 4.74 Å². The van der Waals surface area contributed by atoms with E-state index in [0.29, 0.717) is 6.04 Å². The average Bonchev–Trinajstić information content (AvgIpc) is 2.85. The van der Waals surface area contributed by atoms with E-state index < -0.39 is 0 Å². The van der Waals surface area contributed by atoms with E-state index in [0.717, 1.165) is 63.3 Å². The zero-order chi connectivity index (χ0) is 22.3. The van der Waals surface area contributed by atoms with E-state index in [1.807, 2.05) is 66.4 Å². The Labute approximate surface area is 190 Å². The smallest absolute Gasteiger partial charge is 0.260 e. The van der Waals surface area contributed by atoms with E-state index >= 15 is 0 Å². The highest BCUT2D eigenvalue weighted by molar-refractivity contribution is 5.92. The minimum atomic E-state index is 0.0544. The summed E-state index contributed by atoms with van der Waals surface area (Å²) < 4.78 is 5.61. The van der Waals surface area contributed by atoms with Crippen LogP contribution in [0, 0.1) is 12.8 Å². The van der Waals surface area contributed by atoms with Gasteiger partial charge in [-0.25, -0.2) is 0 Å². The summed E-state index contributed by atoms with van der Waals surface area (Å²) in [5, 5.41) is 3.06. The predicted molar refractivity (Wildman–Crippen MR) is 126 cm³/mol. The summed E-state index contributed by atoms with van der Waals surface area (Å²) in [6.07, 6.45) is 3.75. The van der Waals surface area contributed by atoms with Gasteiger partial charge >= 0.3 is 0 Å². The number of likely N-dealkylation sites (tertiary alicyclic amines) is 2. The van der Waals surface area contributed by atoms with E-state index in [1.54, 1.807) is 0 Å². The average molecular weight is 436 g/mol. The molecule has 0 saturated carbocycles. The lowest BCUT2D eigenvalue weighted by atomic mass is 9.92. The Hall–Kier alpha value is -2.86. The van der Waals surface area contributed by atoms with Gasteiger partial charge in [-0.1, -0.05) is 35.9 Å². The minimum absolute atomic E-state index is 0.0544. The first-order valence-electron chi connectivity index (χ1n) is 11.7. The van der Waals surface area contributed by atoms with Crippen LogP contribution in [0.1, 0.15) is 31.2 Å². The Morgan fingerprint density at radius 3 is 2.22 bits per heavy atom. The molecule has 2 heterocycles. The van der Waals surface area contributed by atoms with Crippen molar-refractivity contribution < 1.29 is 14.3 Å². The Bertz CT molecular complexity index is 884. The topological polar surface area (TPSA) is 61.9 Å². The number of benzene rings is 2. The van der Waals surface area contributed by atoms with Gasteiger partial charge in [-0.2, -0.15) is 0 Å². The summed E-state index contributed by atoms with van der Waals surface area (Å²) in [4.78, 5) is 29.5. The molecule has 4 rings (SSSR count). The molecule has 6 heteroatoms. The van der Waals surface area contributed by atoms with Crippen LogP contribution in [0.4, 0.5) is 5.69 Å². The number of ether oxygens (including phenoxy) is 1. The number of aryl methyl sites for hydroxylation is 1. The fourth-order valence-corrected chi connectivity index (χ4v) is 4.64. The zero-order valence-corrected chi connectivity index (χ0v) is 18.8. The maximum Gasteiger partial charge on any atom is 0.260 e. The molecule has 0 radical (unpaired) electrons. The fraction of sp³-hybridized carbons (Fsp3) is 0.462. The third-order valence-electron chi connectivity index (χ3n) is 6.66. The standard InChI is InChI=1S/C26H33N3O3/c1-20-7-9-22(10-8-20)27-26(31)21-11-15-28(16-12-21)23-13-17-29(18-14-23)25(30)19-32-24-5-3-2-4-6-24/h2-10,21,23H,11-19H2,1H3,(H,27,31). The Morgan fingerprint density at radius 1 is 0.906 bits per heavy atom. The number of anilines is 1. The van der Waals surface area contributed by atoms with Gasteiger partial charge in [0.1, 0.15) is 5.75 Å². The number of carbonyl (C=O) groups is 2. The summed E-state index contributed by atoms with van der Waals surface area (Å²) in [5.74, 6) is 0.987. The van der Waals surface area contributed by atoms with Gasteiger partial charge in [0.25, 0.3) is 5.91 Å². The van der Waals surface area contributed by atoms with Gasteiger partial charge in [-0.15, -0.1) is 0 Å². The van der Waals surface area contributed by atoms with Gasteiger partial charge < -0.3 is 19.9 Å². The maximum atomic E-state index is 12.6. The second-order valence-corrected chi connectivity index (χ2v) is 8.88. The molecular weight excluding hydrogens is 402 g/mol. The molecular formula is C26H33N3O3. The largest absolute Gasteiger partial charge is 0.484 e. The first-order valence-corrected chi connectivity index (χ1v) is 11.7. The molecule has 0 bridgehead atoms. The second kappa shape index (κ2) is 10.6. The summed E-state index contributed by atoms with van der Waals surface area (Å²) >= 11 is 0. The molecule has 0 aliphatic carbocycles. The molecule has 2 amide bonds. The molecule has 1 N–H and O–H groups in total. The van der Waals surface area contributed by atoms with Crippen LogP contribution in [0.5, 0.6) is 5.75 Å². The summed E-state index contributed by atoms with van der Waals surface area (Å²) in [7, 11) is 0. The van der Waals surface area contributed by atoms with Crippen LogP contribution >= 0.6 is 0 Å². The Kier molecular flexibility index (Phi) is 7.43. The number of hydrogen-bond acceptors (Lipinski definition) is 4. The molecule has 0 aromatic heterocycles. The van der Waals surface area contributed by atoms with Crippen molar-refractivity contribution in [3.05, 3.63) is 60.2 Å². The molecule has 170 valence electrons. The van der Waals surface area contributed by atoms with Crippen LogP contribution in [0.2, 0.25) is 0 Å². The Balaban J connectivity index is 1.17. The highest BCUT2D eigenvalue weighted by atomic mass is 16.5. The number of carbonyl (C=O) groups excluding carboxylic acids is 2. The van der Waals surface area contributed by atoms with E-state index in [2.05, 4.69) is 10.2 Å². The molecule has 2 aromatic rings. The van der Waals surface area contributed by atoms with Gasteiger partial charge in [0, 0.05) is 30.7 Å². The van der Waals surface area contributed by atoms with Crippen LogP contribution in [0.15, 0.2) is 54.6 Å². The lowest BCUT2D eigenvalue weighted by Crippen LogP contribution is -2.50. The summed E-state index contributed by atoms with van der Waals surface area (Å²) in [6.45, 7) is 5.57. The monoisotopic (exact) mass is 435 g/mol. The van der Waals surface area contributed by atoms with E-state index in [1.165, 1.54) is 5.56 Å². The zero-order valence-electron chi connectivity index (χ0n) is 18.8. The van der Waals surface area contributed by atoms with Gasteiger partial charge in [0.15, 0.2) is 6.61 Å². The normalized spacial score (nSPS) is 18.3. The summed E-state index contributed by atoms with van der Waals surface area (Å²) in [5.41, 5.74) is 2.06. The molecule has 2 saturated heterocycles. The number of nitrogens with one attached hydrogen (secondary N) is 1. The van der Waals surface area contributed by atoms with Crippen molar-refractivity contribution in [2.75, 3.05) is 38.1 Å². The molecule has 32 heavy (non-hydrogen) atoms. The highest BCUT2D eigenvalue weighted by Crippen LogP contribution is 2.25. The number of para-hydroxylation sites is 1. The van der Waals surface area contributed by atoms with Gasteiger partial charge in [-0.3, -0.25) is 9.59 Å². The molecule has 0 atom stereocenters. The van der Waals surface area contributed by atoms with E-state index in [9.17, 15) is 9.59 Å². The SMILES string of the molecule is Cc1ccc(NC(=O)C2CCN(C3CCN(C(=O)COc4ccccc4)CC3)CC2)cc1. The van der Waals surface area contributed by atoms with Crippen molar-refractivity contribution >= 4 is 17.5 Å². The van der Waals surface area contributed by atoms with Crippen molar-refractivity contribution in [2.45, 2.75) is 38.6 Å². The van der Waals surface area contributed by atoms with Gasteiger partial charge in [0.2, 0.25) is 5.91 Å². The van der Waals surface area contributed by atoms with Crippen LogP contribution < -0.4 is 10.1 Å². The quantitative estimate of drug-likeness (QED) is 0.751. The van der Waals surface area contributed by atoms with Gasteiger partial charge in [0.05, 0.1) is 0 Å². The van der Waals surface area contributed by atoms with E-state index in [-0.39, 0.29) is 24.3 Å². The van der Waals surface area contributed by atoms with Gasteiger partial charge in [-0.05, 0) is 70.0 Å². The first kappa shape index (κ1) is 22.3. The van der Waals surface area contributed by atoms with Crippen LogP contribution in [-0.2, 0) is 9.59 Å². The summed E-state index contributed by atoms with van der Waals surface area (Å²) in [6, 6.07) is 17.9. The molecule has 2 fully saturated rings. The third-order valence-corrected chi connectivity index (χ3v) is 6.66. The van der Waals surface area contributed by atoms with Crippen LogP contribution in [0.25, 0.3) is 0 Å². The number of rotatable bonds is 6. The molecule has 0 unspecified atom stereocenters. The van der Waals surface area contributed by atoms with Crippen molar-refractivity contribution in [1.82, 2.24) is 9.80 Å². The lowest BCUT2D eigenvalue weighted by molar-refractivity contribution is -0.135. The van der Waals surface area contributed by atoms with Crippen LogP contribution in [0.3, 0.4) is 0 Å². The number of hydrogen-bond donors (Lipinski definition) is 1. The molecule has 2 aliphatic heterocycles. The van der Waals surface area contributed by atoms with Crippen molar-refractivity contribution in [3.8, 4) is 5.75 Å². The molecule has 6 nitrogen and oxygen atoms in total. The van der Waals surface area contributed by atoms with Crippen LogP contribution in [-0.4, -0.2) is 60.4 Å². The molecule has 0 spiro atoms. The predicted octanol–water partition coefficient (Wildman–Crippen LogP) is 3.72. The minimum Gasteiger partial charge on any atom is -0.484 e. The fourth-order valence-electron chi connectivity index (χ4n) is 4.64. The maximum absolute atomic E-state index is 12.6. The number of piperidine rings is 2. The number of nitrogens with zero attached hydrogens (tertiary/aromatic N) is 2. The second-order valence-electron chi connectivity index (χ2n) is 8.88. The molecule has 2 aromatic carbocycles. The number of amides is 2. The first-order chi connectivity index (χ1) is 15.6. The van der Waals surface area contributed by atoms with Crippen molar-refractivity contribution in [1.29, 1.82) is 0 Å². The van der Waals surface area contributed by atoms with Crippen molar-refractivity contribution in [3.63, 3.8) is 0 Å². The lowest BCUT2D eigenvalue weighted by Gasteiger charge is -2.41. The Morgan fingerprint density at radius 2 is 1.56 bits per heavy atom. The third kappa shape index (κ3) is 5.88. The van der Waals surface area contributed by atoms with Crippen molar-refractivity contribution in [2.24, 2.45) is 5.92 Å².